The highest BCUT2D eigenvalue weighted by molar-refractivity contribution is 6.07. The Labute approximate surface area is 174 Å². The number of nitrogens with two attached hydrogens (primary N) is 1. The van der Waals surface area contributed by atoms with Crippen LogP contribution in [0.25, 0.3) is 0 Å². The van der Waals surface area contributed by atoms with E-state index in [1.807, 2.05) is 30.3 Å². The molecule has 1 aliphatic carbocycles. The molecule has 1 fully saturated rings. The predicted octanol–water partition coefficient (Wildman–Crippen LogP) is 4.42. The smallest absolute Gasteiger partial charge is 0.387 e. The lowest BCUT2D eigenvalue weighted by atomic mass is 9.71. The monoisotopic (exact) mass is 413 g/mol. The molecule has 5 nitrogen and oxygen atoms in total. The average Bonchev–Trinajstić information content (AvgIpc) is 3.01. The van der Waals surface area contributed by atoms with Crippen LogP contribution in [0.3, 0.4) is 0 Å². The topological polar surface area (TPSA) is 67.9 Å². The summed E-state index contributed by atoms with van der Waals surface area (Å²) in [5, 5.41) is 0. The molecule has 2 aliphatic rings. The van der Waals surface area contributed by atoms with E-state index >= 15 is 0 Å². The molecule has 0 saturated heterocycles. The molecule has 158 valence electrons. The SMILES string of the molecule is NC1=NC(c2ccccc2)(C2CCCCC2)C(=O)N1Cc1ccccc1OC(F)F. The molecule has 2 N–H and O–H groups in total. The molecule has 2 aromatic rings. The molecule has 1 heterocycles. The van der Waals surface area contributed by atoms with E-state index in [-0.39, 0.29) is 30.1 Å². The van der Waals surface area contributed by atoms with Gasteiger partial charge in [-0.05, 0) is 30.4 Å². The summed E-state index contributed by atoms with van der Waals surface area (Å²) in [7, 11) is 0. The minimum Gasteiger partial charge on any atom is -0.434 e. The van der Waals surface area contributed by atoms with Gasteiger partial charge in [0.15, 0.2) is 11.5 Å². The fraction of sp³-hybridized carbons (Fsp3) is 0.391. The molecule has 0 spiro atoms. The molecule has 0 bridgehead atoms. The summed E-state index contributed by atoms with van der Waals surface area (Å²) in [5.74, 6) is -0.00791. The zero-order valence-corrected chi connectivity index (χ0v) is 16.6. The Balaban J connectivity index is 1.70. The first kappa shape index (κ1) is 20.3. The Hall–Kier alpha value is -2.96. The molecule has 0 radical (unpaired) electrons. The summed E-state index contributed by atoms with van der Waals surface area (Å²) in [5.41, 5.74) is 6.47. The van der Waals surface area contributed by atoms with Crippen LogP contribution in [-0.2, 0) is 16.9 Å². The van der Waals surface area contributed by atoms with E-state index in [0.29, 0.717) is 5.56 Å². The van der Waals surface area contributed by atoms with Gasteiger partial charge in [0, 0.05) is 5.56 Å². The number of aliphatic imine (C=N–C) groups is 1. The molecular formula is C23H25F2N3O2. The van der Waals surface area contributed by atoms with E-state index in [2.05, 4.69) is 4.74 Å². The maximum Gasteiger partial charge on any atom is 0.387 e. The number of hydrogen-bond acceptors (Lipinski definition) is 4. The first-order valence-corrected chi connectivity index (χ1v) is 10.3. The molecule has 4 rings (SSSR count). The van der Waals surface area contributed by atoms with Gasteiger partial charge in [0.05, 0.1) is 6.54 Å². The molecule has 0 aromatic heterocycles. The maximum absolute atomic E-state index is 13.8. The van der Waals surface area contributed by atoms with Crippen molar-refractivity contribution in [3.05, 3.63) is 65.7 Å². The fourth-order valence-corrected chi connectivity index (χ4v) is 4.67. The zero-order chi connectivity index (χ0) is 21.1. The van der Waals surface area contributed by atoms with Crippen LogP contribution in [0.1, 0.15) is 43.2 Å². The van der Waals surface area contributed by atoms with Crippen LogP contribution >= 0.6 is 0 Å². The summed E-state index contributed by atoms with van der Waals surface area (Å²) in [4.78, 5) is 20.0. The minimum absolute atomic E-state index is 0.0262. The number of carbonyl (C=O) groups is 1. The second-order valence-electron chi connectivity index (χ2n) is 7.81. The van der Waals surface area contributed by atoms with Crippen molar-refractivity contribution in [2.45, 2.75) is 50.8 Å². The summed E-state index contributed by atoms with van der Waals surface area (Å²) in [6.45, 7) is -2.92. The third-order valence-corrected chi connectivity index (χ3v) is 6.07. The summed E-state index contributed by atoms with van der Waals surface area (Å²) < 4.78 is 30.2. The van der Waals surface area contributed by atoms with Crippen LogP contribution in [0, 0.1) is 5.92 Å². The summed E-state index contributed by atoms with van der Waals surface area (Å²) >= 11 is 0. The van der Waals surface area contributed by atoms with E-state index in [1.54, 1.807) is 18.2 Å². The second kappa shape index (κ2) is 8.42. The molecule has 1 atom stereocenters. The highest BCUT2D eigenvalue weighted by atomic mass is 19.3. The highest BCUT2D eigenvalue weighted by Crippen LogP contribution is 2.46. The van der Waals surface area contributed by atoms with Crippen molar-refractivity contribution in [1.82, 2.24) is 4.90 Å². The molecule has 1 amide bonds. The van der Waals surface area contributed by atoms with Crippen LogP contribution in [0.5, 0.6) is 5.75 Å². The molecule has 2 aromatic carbocycles. The Kier molecular flexibility index (Phi) is 5.70. The van der Waals surface area contributed by atoms with Gasteiger partial charge in [-0.25, -0.2) is 4.99 Å². The maximum atomic E-state index is 13.8. The first-order valence-electron chi connectivity index (χ1n) is 10.3. The normalized spacial score (nSPS) is 22.4. The number of amides is 1. The summed E-state index contributed by atoms with van der Waals surface area (Å²) in [6, 6.07) is 16.0. The average molecular weight is 413 g/mol. The van der Waals surface area contributed by atoms with Crippen molar-refractivity contribution >= 4 is 11.9 Å². The molecule has 1 unspecified atom stereocenters. The standard InChI is InChI=1S/C23H25F2N3O2/c24-21(25)30-19-14-8-7-9-16(19)15-28-20(29)23(27-22(28)26,17-10-3-1-4-11-17)18-12-5-2-6-13-18/h1,3-4,7-11,14,18,21H,2,5-6,12-13,15H2,(H2,26,27). The van der Waals surface area contributed by atoms with Crippen molar-refractivity contribution < 1.29 is 18.3 Å². The van der Waals surface area contributed by atoms with Crippen LogP contribution < -0.4 is 10.5 Å². The number of para-hydroxylation sites is 1. The minimum atomic E-state index is -2.95. The lowest BCUT2D eigenvalue weighted by Gasteiger charge is -2.36. The lowest BCUT2D eigenvalue weighted by molar-refractivity contribution is -0.134. The van der Waals surface area contributed by atoms with Crippen molar-refractivity contribution in [3.63, 3.8) is 0 Å². The molecule has 1 saturated carbocycles. The molecule has 30 heavy (non-hydrogen) atoms. The third-order valence-electron chi connectivity index (χ3n) is 6.07. The van der Waals surface area contributed by atoms with Gasteiger partial charge < -0.3 is 10.5 Å². The Morgan fingerprint density at radius 2 is 1.73 bits per heavy atom. The van der Waals surface area contributed by atoms with Crippen molar-refractivity contribution in [1.29, 1.82) is 0 Å². The van der Waals surface area contributed by atoms with Crippen molar-refractivity contribution in [2.24, 2.45) is 16.6 Å². The van der Waals surface area contributed by atoms with Gasteiger partial charge >= 0.3 is 6.61 Å². The number of guanidine groups is 1. The predicted molar refractivity (Wildman–Crippen MR) is 110 cm³/mol. The van der Waals surface area contributed by atoms with Gasteiger partial charge in [0.1, 0.15) is 5.75 Å². The van der Waals surface area contributed by atoms with Gasteiger partial charge in [0.2, 0.25) is 0 Å². The number of alkyl halides is 2. The number of benzene rings is 2. The summed E-state index contributed by atoms with van der Waals surface area (Å²) in [6.07, 6.45) is 5.05. The lowest BCUT2D eigenvalue weighted by Crippen LogP contribution is -2.46. The second-order valence-corrected chi connectivity index (χ2v) is 7.81. The van der Waals surface area contributed by atoms with Gasteiger partial charge in [0.25, 0.3) is 5.91 Å². The number of ether oxygens (including phenoxy) is 1. The number of hydrogen-bond donors (Lipinski definition) is 1. The van der Waals surface area contributed by atoms with Crippen LogP contribution in [0.15, 0.2) is 59.6 Å². The Bertz CT molecular complexity index is 929. The quantitative estimate of drug-likeness (QED) is 0.762. The molecule has 1 aliphatic heterocycles. The van der Waals surface area contributed by atoms with E-state index in [9.17, 15) is 13.6 Å². The van der Waals surface area contributed by atoms with Gasteiger partial charge in [-0.2, -0.15) is 8.78 Å². The van der Waals surface area contributed by atoms with Gasteiger partial charge in [-0.15, -0.1) is 0 Å². The van der Waals surface area contributed by atoms with Crippen molar-refractivity contribution in [3.8, 4) is 5.75 Å². The van der Waals surface area contributed by atoms with E-state index < -0.39 is 12.2 Å². The Morgan fingerprint density at radius 1 is 1.07 bits per heavy atom. The highest BCUT2D eigenvalue weighted by Gasteiger charge is 2.54. The van der Waals surface area contributed by atoms with Gasteiger partial charge in [-0.1, -0.05) is 67.8 Å². The first-order chi connectivity index (χ1) is 14.5. The fourth-order valence-electron chi connectivity index (χ4n) is 4.67. The third kappa shape index (κ3) is 3.64. The number of nitrogens with zero attached hydrogens (tertiary/aromatic N) is 2. The zero-order valence-electron chi connectivity index (χ0n) is 16.6. The number of rotatable bonds is 6. The van der Waals surface area contributed by atoms with E-state index in [0.717, 1.165) is 37.7 Å². The van der Waals surface area contributed by atoms with Crippen LogP contribution in [0.4, 0.5) is 8.78 Å². The molecule has 7 heteroatoms. The van der Waals surface area contributed by atoms with Crippen LogP contribution in [0.2, 0.25) is 0 Å². The molecular weight excluding hydrogens is 388 g/mol. The van der Waals surface area contributed by atoms with Gasteiger partial charge in [-0.3, -0.25) is 9.69 Å². The van der Waals surface area contributed by atoms with E-state index in [1.165, 1.54) is 11.0 Å². The van der Waals surface area contributed by atoms with E-state index in [4.69, 9.17) is 10.7 Å². The number of halogens is 2. The van der Waals surface area contributed by atoms with Crippen molar-refractivity contribution in [2.75, 3.05) is 0 Å². The largest absolute Gasteiger partial charge is 0.434 e. The number of carbonyl (C=O) groups excluding carboxylic acids is 1. The van der Waals surface area contributed by atoms with Crippen LogP contribution in [-0.4, -0.2) is 23.4 Å². The Morgan fingerprint density at radius 3 is 2.43 bits per heavy atom.